The van der Waals surface area contributed by atoms with Crippen molar-refractivity contribution in [2.75, 3.05) is 0 Å². The number of rotatable bonds is 7. The van der Waals surface area contributed by atoms with Gasteiger partial charge < -0.3 is 10.4 Å². The molecular formula is C16H21F2N3O. The van der Waals surface area contributed by atoms with Crippen molar-refractivity contribution in [1.29, 1.82) is 0 Å². The number of aryl methyl sites for hydroxylation is 1. The zero-order valence-electron chi connectivity index (χ0n) is 12.7. The van der Waals surface area contributed by atoms with Gasteiger partial charge in [0.05, 0.1) is 6.10 Å². The van der Waals surface area contributed by atoms with E-state index in [1.54, 1.807) is 6.20 Å². The van der Waals surface area contributed by atoms with Crippen molar-refractivity contribution >= 4 is 0 Å². The second-order valence-corrected chi connectivity index (χ2v) is 5.53. The SMILES string of the molecule is CC(CCn1cccn1)NC(C)C(O)c1ccc(F)c(F)c1. The summed E-state index contributed by atoms with van der Waals surface area (Å²) in [6, 6.07) is 5.20. The van der Waals surface area contributed by atoms with Crippen LogP contribution in [-0.4, -0.2) is 27.0 Å². The van der Waals surface area contributed by atoms with Gasteiger partial charge in [0.15, 0.2) is 11.6 Å². The summed E-state index contributed by atoms with van der Waals surface area (Å²) < 4.78 is 28.0. The number of nitrogens with zero attached hydrogens (tertiary/aromatic N) is 2. The van der Waals surface area contributed by atoms with Crippen molar-refractivity contribution in [2.45, 2.75) is 45.0 Å². The molecule has 1 aromatic heterocycles. The molecule has 0 fully saturated rings. The number of hydrogen-bond acceptors (Lipinski definition) is 3. The number of nitrogens with one attached hydrogen (secondary N) is 1. The molecule has 1 heterocycles. The number of aliphatic hydroxyl groups is 1. The largest absolute Gasteiger partial charge is 0.387 e. The molecular weight excluding hydrogens is 288 g/mol. The van der Waals surface area contributed by atoms with Gasteiger partial charge in [-0.2, -0.15) is 5.10 Å². The van der Waals surface area contributed by atoms with Gasteiger partial charge in [-0.3, -0.25) is 4.68 Å². The van der Waals surface area contributed by atoms with Crippen LogP contribution in [0.25, 0.3) is 0 Å². The molecule has 4 nitrogen and oxygen atoms in total. The Bertz CT molecular complexity index is 589. The Labute approximate surface area is 128 Å². The standard InChI is InChI=1S/C16H21F2N3O/c1-11(6-9-21-8-3-7-19-21)20-12(2)16(22)13-4-5-14(17)15(18)10-13/h3-5,7-8,10-12,16,20,22H,6,9H2,1-2H3. The van der Waals surface area contributed by atoms with Crippen LogP contribution < -0.4 is 5.32 Å². The van der Waals surface area contributed by atoms with Crippen molar-refractivity contribution < 1.29 is 13.9 Å². The van der Waals surface area contributed by atoms with Crippen LogP contribution in [0.15, 0.2) is 36.7 Å². The van der Waals surface area contributed by atoms with E-state index in [1.807, 2.05) is 30.8 Å². The highest BCUT2D eigenvalue weighted by atomic mass is 19.2. The molecule has 0 bridgehead atoms. The maximum Gasteiger partial charge on any atom is 0.159 e. The van der Waals surface area contributed by atoms with Crippen molar-refractivity contribution in [2.24, 2.45) is 0 Å². The average Bonchev–Trinajstić information content (AvgIpc) is 3.00. The van der Waals surface area contributed by atoms with Gasteiger partial charge in [0.1, 0.15) is 0 Å². The summed E-state index contributed by atoms with van der Waals surface area (Å²) >= 11 is 0. The molecule has 0 amide bonds. The van der Waals surface area contributed by atoms with Crippen LogP contribution in [0.5, 0.6) is 0 Å². The Hall–Kier alpha value is -1.79. The lowest BCUT2D eigenvalue weighted by atomic mass is 10.0. The minimum absolute atomic E-state index is 0.152. The predicted molar refractivity (Wildman–Crippen MR) is 80.2 cm³/mol. The summed E-state index contributed by atoms with van der Waals surface area (Å²) in [5.41, 5.74) is 0.359. The van der Waals surface area contributed by atoms with Gasteiger partial charge in [0.2, 0.25) is 0 Å². The van der Waals surface area contributed by atoms with E-state index in [9.17, 15) is 13.9 Å². The molecule has 0 radical (unpaired) electrons. The number of halogens is 2. The lowest BCUT2D eigenvalue weighted by Crippen LogP contribution is -2.39. The Balaban J connectivity index is 1.87. The Morgan fingerprint density at radius 3 is 2.68 bits per heavy atom. The molecule has 2 aromatic rings. The maximum absolute atomic E-state index is 13.2. The summed E-state index contributed by atoms with van der Waals surface area (Å²) in [6.07, 6.45) is 3.57. The third-order valence-electron chi connectivity index (χ3n) is 3.66. The van der Waals surface area contributed by atoms with Gasteiger partial charge >= 0.3 is 0 Å². The molecule has 3 unspecified atom stereocenters. The Morgan fingerprint density at radius 1 is 1.27 bits per heavy atom. The fraction of sp³-hybridized carbons (Fsp3) is 0.438. The highest BCUT2D eigenvalue weighted by Gasteiger charge is 2.19. The van der Waals surface area contributed by atoms with Gasteiger partial charge in [-0.1, -0.05) is 6.07 Å². The molecule has 2 rings (SSSR count). The topological polar surface area (TPSA) is 50.1 Å². The normalized spacial score (nSPS) is 15.5. The first-order valence-electron chi connectivity index (χ1n) is 7.34. The van der Waals surface area contributed by atoms with Gasteiger partial charge in [0, 0.05) is 31.0 Å². The summed E-state index contributed by atoms with van der Waals surface area (Å²) in [7, 11) is 0. The summed E-state index contributed by atoms with van der Waals surface area (Å²) in [5, 5.41) is 17.6. The molecule has 0 spiro atoms. The predicted octanol–water partition coefficient (Wildman–Crippen LogP) is 2.65. The molecule has 0 saturated heterocycles. The average molecular weight is 309 g/mol. The molecule has 0 saturated carbocycles. The maximum atomic E-state index is 13.2. The van der Waals surface area contributed by atoms with E-state index in [-0.39, 0.29) is 12.1 Å². The van der Waals surface area contributed by atoms with Crippen molar-refractivity contribution in [1.82, 2.24) is 15.1 Å². The minimum Gasteiger partial charge on any atom is -0.387 e. The zero-order valence-corrected chi connectivity index (χ0v) is 12.7. The van der Waals surface area contributed by atoms with Gasteiger partial charge in [0.25, 0.3) is 0 Å². The van der Waals surface area contributed by atoms with E-state index >= 15 is 0 Å². The third kappa shape index (κ3) is 4.35. The quantitative estimate of drug-likeness (QED) is 0.827. The molecule has 22 heavy (non-hydrogen) atoms. The van der Waals surface area contributed by atoms with E-state index in [0.29, 0.717) is 5.56 Å². The summed E-state index contributed by atoms with van der Waals surface area (Å²) in [5.74, 6) is -1.86. The fourth-order valence-electron chi connectivity index (χ4n) is 2.37. The molecule has 3 atom stereocenters. The van der Waals surface area contributed by atoms with Crippen LogP contribution in [0.4, 0.5) is 8.78 Å². The van der Waals surface area contributed by atoms with Crippen LogP contribution in [0, 0.1) is 11.6 Å². The zero-order chi connectivity index (χ0) is 16.1. The van der Waals surface area contributed by atoms with Crippen LogP contribution in [0.2, 0.25) is 0 Å². The fourth-order valence-corrected chi connectivity index (χ4v) is 2.37. The monoisotopic (exact) mass is 309 g/mol. The second kappa shape index (κ2) is 7.47. The minimum atomic E-state index is -0.949. The number of aromatic nitrogens is 2. The molecule has 0 aliphatic heterocycles. The van der Waals surface area contributed by atoms with E-state index < -0.39 is 17.7 Å². The van der Waals surface area contributed by atoms with E-state index in [0.717, 1.165) is 25.1 Å². The molecule has 0 aliphatic carbocycles. The summed E-state index contributed by atoms with van der Waals surface area (Å²) in [4.78, 5) is 0. The van der Waals surface area contributed by atoms with Crippen LogP contribution in [0.3, 0.4) is 0 Å². The second-order valence-electron chi connectivity index (χ2n) is 5.53. The lowest BCUT2D eigenvalue weighted by Gasteiger charge is -2.25. The number of aliphatic hydroxyl groups excluding tert-OH is 1. The molecule has 2 N–H and O–H groups in total. The first-order valence-corrected chi connectivity index (χ1v) is 7.34. The van der Waals surface area contributed by atoms with Gasteiger partial charge in [-0.15, -0.1) is 0 Å². The number of benzene rings is 1. The first-order chi connectivity index (χ1) is 10.5. The van der Waals surface area contributed by atoms with E-state index in [1.165, 1.54) is 6.07 Å². The molecule has 120 valence electrons. The van der Waals surface area contributed by atoms with Crippen molar-refractivity contribution in [3.63, 3.8) is 0 Å². The molecule has 0 aliphatic rings. The van der Waals surface area contributed by atoms with Crippen LogP contribution >= 0.6 is 0 Å². The highest BCUT2D eigenvalue weighted by Crippen LogP contribution is 2.19. The number of hydrogen-bond donors (Lipinski definition) is 2. The van der Waals surface area contributed by atoms with Gasteiger partial charge in [-0.05, 0) is 44.0 Å². The Kier molecular flexibility index (Phi) is 5.63. The Morgan fingerprint density at radius 2 is 2.05 bits per heavy atom. The highest BCUT2D eigenvalue weighted by molar-refractivity contribution is 5.21. The van der Waals surface area contributed by atoms with Crippen LogP contribution in [0.1, 0.15) is 31.9 Å². The molecule has 6 heteroatoms. The summed E-state index contributed by atoms with van der Waals surface area (Å²) in [6.45, 7) is 4.60. The van der Waals surface area contributed by atoms with Crippen molar-refractivity contribution in [3.05, 3.63) is 53.9 Å². The van der Waals surface area contributed by atoms with Crippen molar-refractivity contribution in [3.8, 4) is 0 Å². The lowest BCUT2D eigenvalue weighted by molar-refractivity contribution is 0.128. The van der Waals surface area contributed by atoms with E-state index in [2.05, 4.69) is 10.4 Å². The third-order valence-corrected chi connectivity index (χ3v) is 3.66. The molecule has 1 aromatic carbocycles. The van der Waals surface area contributed by atoms with E-state index in [4.69, 9.17) is 0 Å². The van der Waals surface area contributed by atoms with Gasteiger partial charge in [-0.25, -0.2) is 8.78 Å². The smallest absolute Gasteiger partial charge is 0.159 e. The van der Waals surface area contributed by atoms with Crippen LogP contribution in [-0.2, 0) is 6.54 Å². The first kappa shape index (κ1) is 16.6.